The number of ether oxygens (including phenoxy) is 1. The molecule has 4 nitrogen and oxygen atoms in total. The summed E-state index contributed by atoms with van der Waals surface area (Å²) in [7, 11) is 0. The van der Waals surface area contributed by atoms with Crippen molar-refractivity contribution in [2.24, 2.45) is 0 Å². The zero-order chi connectivity index (χ0) is 25.1. The molecule has 0 aromatic heterocycles. The number of carboxylic acids is 1. The second-order valence-electron chi connectivity index (χ2n) is 9.53. The van der Waals surface area contributed by atoms with E-state index in [9.17, 15) is 9.59 Å². The van der Waals surface area contributed by atoms with E-state index in [0.29, 0.717) is 12.8 Å². The zero-order valence-corrected chi connectivity index (χ0v) is 22.4. The molecule has 1 N–H and O–H groups in total. The highest BCUT2D eigenvalue weighted by Gasteiger charge is 2.19. The molecule has 0 bridgehead atoms. The van der Waals surface area contributed by atoms with E-state index in [1.807, 2.05) is 0 Å². The third kappa shape index (κ3) is 23.6. The Balaban J connectivity index is 3.30. The minimum absolute atomic E-state index is 0.315. The van der Waals surface area contributed by atoms with E-state index in [2.05, 4.69) is 31.2 Å². The Morgan fingerprint density at radius 3 is 1.53 bits per heavy atom. The van der Waals surface area contributed by atoms with Crippen LogP contribution in [-0.2, 0) is 14.3 Å². The van der Waals surface area contributed by atoms with Crippen LogP contribution in [0.25, 0.3) is 0 Å². The third-order valence-electron chi connectivity index (χ3n) is 6.25. The van der Waals surface area contributed by atoms with E-state index in [4.69, 9.17) is 9.84 Å². The van der Waals surface area contributed by atoms with E-state index < -0.39 is 12.1 Å². The highest BCUT2D eigenvalue weighted by Crippen LogP contribution is 2.13. The summed E-state index contributed by atoms with van der Waals surface area (Å²) >= 11 is 0. The Kier molecular flexibility index (Phi) is 24.8. The van der Waals surface area contributed by atoms with Gasteiger partial charge in [-0.2, -0.15) is 0 Å². The molecule has 0 amide bonds. The summed E-state index contributed by atoms with van der Waals surface area (Å²) in [6, 6.07) is 0. The molecule has 0 aliphatic carbocycles. The lowest BCUT2D eigenvalue weighted by molar-refractivity contribution is -0.164. The summed E-state index contributed by atoms with van der Waals surface area (Å²) in [5.41, 5.74) is 0. The second kappa shape index (κ2) is 26.0. The van der Waals surface area contributed by atoms with Gasteiger partial charge in [0.05, 0.1) is 0 Å². The Morgan fingerprint density at radius 1 is 0.647 bits per heavy atom. The van der Waals surface area contributed by atoms with Crippen LogP contribution in [0.2, 0.25) is 0 Å². The largest absolute Gasteiger partial charge is 0.479 e. The van der Waals surface area contributed by atoms with Gasteiger partial charge in [0.1, 0.15) is 0 Å². The summed E-state index contributed by atoms with van der Waals surface area (Å²) in [4.78, 5) is 22.5. The first-order valence-electron chi connectivity index (χ1n) is 14.3. The van der Waals surface area contributed by atoms with Crippen LogP contribution < -0.4 is 0 Å². The fourth-order valence-electron chi connectivity index (χ4n) is 4.02. The molecule has 4 heteroatoms. The van der Waals surface area contributed by atoms with Crippen LogP contribution in [0, 0.1) is 0 Å². The van der Waals surface area contributed by atoms with Crippen molar-refractivity contribution < 1.29 is 19.4 Å². The average molecular weight is 479 g/mol. The van der Waals surface area contributed by atoms with Gasteiger partial charge in [-0.05, 0) is 44.9 Å². The highest BCUT2D eigenvalue weighted by atomic mass is 16.6. The molecule has 0 aromatic carbocycles. The number of unbranched alkanes of at least 4 members (excludes halogenated alkanes) is 16. The molecule has 0 aromatic rings. The molecule has 0 spiro atoms. The first-order chi connectivity index (χ1) is 16.6. The number of carbonyl (C=O) groups excluding carboxylic acids is 1. The first kappa shape index (κ1) is 32.4. The van der Waals surface area contributed by atoms with Gasteiger partial charge in [0.15, 0.2) is 6.10 Å². The molecule has 0 saturated heterocycles. The topological polar surface area (TPSA) is 63.6 Å². The lowest BCUT2D eigenvalue weighted by atomic mass is 10.0. The van der Waals surface area contributed by atoms with Gasteiger partial charge in [-0.25, -0.2) is 4.79 Å². The molecular weight excluding hydrogens is 424 g/mol. The standard InChI is InChI=1S/C30H54O4/c1-3-5-6-7-8-9-10-11-12-13-14-15-16-17-18-19-20-21-22-23-24-25-26-27-29(31)34-28(4-2)30(32)33/h10-11,13-14,28H,3-9,12,15-27H2,1-2H3,(H,32,33)/b11-10-,14-13-. The Bertz CT molecular complexity index is 524. The van der Waals surface area contributed by atoms with Gasteiger partial charge in [-0.3, -0.25) is 4.79 Å². The van der Waals surface area contributed by atoms with Gasteiger partial charge < -0.3 is 9.84 Å². The summed E-state index contributed by atoms with van der Waals surface area (Å²) < 4.78 is 4.97. The monoisotopic (exact) mass is 478 g/mol. The molecule has 0 aliphatic heterocycles. The molecule has 0 saturated carbocycles. The van der Waals surface area contributed by atoms with E-state index in [0.717, 1.165) is 25.7 Å². The number of carboxylic acid groups (broad SMARTS) is 1. The number of rotatable bonds is 25. The SMILES string of the molecule is CCCCCCC/C=C\C/C=C\CCCCCCCCCCCCCC(=O)OC(CC)C(=O)O. The number of aliphatic carboxylic acids is 1. The van der Waals surface area contributed by atoms with Gasteiger partial charge in [-0.15, -0.1) is 0 Å². The van der Waals surface area contributed by atoms with Crippen molar-refractivity contribution >= 4 is 11.9 Å². The van der Waals surface area contributed by atoms with E-state index in [-0.39, 0.29) is 5.97 Å². The predicted octanol–water partition coefficient (Wildman–Crippen LogP) is 9.33. The quantitative estimate of drug-likeness (QED) is 0.0806. The zero-order valence-electron chi connectivity index (χ0n) is 22.4. The highest BCUT2D eigenvalue weighted by molar-refractivity contribution is 5.77. The van der Waals surface area contributed by atoms with Crippen LogP contribution in [-0.4, -0.2) is 23.1 Å². The second-order valence-corrected chi connectivity index (χ2v) is 9.53. The minimum Gasteiger partial charge on any atom is -0.479 e. The molecule has 1 atom stereocenters. The molecule has 0 fully saturated rings. The van der Waals surface area contributed by atoms with Crippen LogP contribution in [0.15, 0.2) is 24.3 Å². The van der Waals surface area contributed by atoms with Crippen molar-refractivity contribution in [3.63, 3.8) is 0 Å². The van der Waals surface area contributed by atoms with Crippen molar-refractivity contribution in [1.82, 2.24) is 0 Å². The molecule has 34 heavy (non-hydrogen) atoms. The van der Waals surface area contributed by atoms with Crippen LogP contribution >= 0.6 is 0 Å². The van der Waals surface area contributed by atoms with Crippen LogP contribution in [0.4, 0.5) is 0 Å². The fraction of sp³-hybridized carbons (Fsp3) is 0.800. The molecule has 0 radical (unpaired) electrons. The summed E-state index contributed by atoms with van der Waals surface area (Å²) in [6.07, 6.45) is 32.8. The van der Waals surface area contributed by atoms with Crippen LogP contribution in [0.5, 0.6) is 0 Å². The Morgan fingerprint density at radius 2 is 1.09 bits per heavy atom. The van der Waals surface area contributed by atoms with E-state index in [1.165, 1.54) is 96.3 Å². The molecule has 0 aliphatic rings. The third-order valence-corrected chi connectivity index (χ3v) is 6.25. The van der Waals surface area contributed by atoms with Gasteiger partial charge in [0.2, 0.25) is 0 Å². The summed E-state index contributed by atoms with van der Waals surface area (Å²) in [5, 5.41) is 8.90. The fourth-order valence-corrected chi connectivity index (χ4v) is 4.02. The van der Waals surface area contributed by atoms with Gasteiger partial charge in [0.25, 0.3) is 0 Å². The smallest absolute Gasteiger partial charge is 0.345 e. The maximum atomic E-state index is 11.6. The molecule has 1 unspecified atom stereocenters. The van der Waals surface area contributed by atoms with Crippen molar-refractivity contribution in [1.29, 1.82) is 0 Å². The van der Waals surface area contributed by atoms with Gasteiger partial charge >= 0.3 is 11.9 Å². The lowest BCUT2D eigenvalue weighted by Gasteiger charge is -2.11. The summed E-state index contributed by atoms with van der Waals surface area (Å²) in [5.74, 6) is -1.44. The lowest BCUT2D eigenvalue weighted by Crippen LogP contribution is -2.26. The summed E-state index contributed by atoms with van der Waals surface area (Å²) in [6.45, 7) is 3.97. The van der Waals surface area contributed by atoms with Crippen molar-refractivity contribution in [3.05, 3.63) is 24.3 Å². The van der Waals surface area contributed by atoms with E-state index >= 15 is 0 Å². The molecule has 0 heterocycles. The van der Waals surface area contributed by atoms with Crippen molar-refractivity contribution in [2.75, 3.05) is 0 Å². The van der Waals surface area contributed by atoms with Crippen molar-refractivity contribution in [3.8, 4) is 0 Å². The number of esters is 1. The number of carbonyl (C=O) groups is 2. The van der Waals surface area contributed by atoms with Crippen molar-refractivity contribution in [2.45, 2.75) is 155 Å². The average Bonchev–Trinajstić information content (AvgIpc) is 2.82. The van der Waals surface area contributed by atoms with Gasteiger partial charge in [-0.1, -0.05) is 122 Å². The predicted molar refractivity (Wildman–Crippen MR) is 144 cm³/mol. The minimum atomic E-state index is -1.06. The normalized spacial score (nSPS) is 12.5. The van der Waals surface area contributed by atoms with Gasteiger partial charge in [0, 0.05) is 6.42 Å². The molecular formula is C30H54O4. The maximum absolute atomic E-state index is 11.6. The Hall–Kier alpha value is -1.58. The Labute approximate surface area is 210 Å². The first-order valence-corrected chi connectivity index (χ1v) is 14.3. The van der Waals surface area contributed by atoms with E-state index in [1.54, 1.807) is 6.92 Å². The number of hydrogen-bond donors (Lipinski definition) is 1. The maximum Gasteiger partial charge on any atom is 0.345 e. The van der Waals surface area contributed by atoms with Crippen LogP contribution in [0.1, 0.15) is 149 Å². The molecule has 198 valence electrons. The number of hydrogen-bond acceptors (Lipinski definition) is 3. The van der Waals surface area contributed by atoms with Crippen LogP contribution in [0.3, 0.4) is 0 Å². The molecule has 0 rings (SSSR count). The number of allylic oxidation sites excluding steroid dienone is 4.